The van der Waals surface area contributed by atoms with Gasteiger partial charge in [0.05, 0.1) is 42.0 Å². The zero-order chi connectivity index (χ0) is 21.3. The fourth-order valence-corrected chi connectivity index (χ4v) is 3.97. The first-order chi connectivity index (χ1) is 13.9. The lowest BCUT2D eigenvalue weighted by Gasteiger charge is -2.11. The van der Waals surface area contributed by atoms with Crippen molar-refractivity contribution >= 4 is 37.5 Å². The number of rotatable bonds is 11. The molecular weight excluding hydrogens is 464 g/mol. The van der Waals surface area contributed by atoms with Gasteiger partial charge in [-0.1, -0.05) is 6.07 Å². The van der Waals surface area contributed by atoms with E-state index in [1.165, 1.54) is 25.3 Å². The van der Waals surface area contributed by atoms with Crippen LogP contribution in [0.3, 0.4) is 0 Å². The highest BCUT2D eigenvalue weighted by Crippen LogP contribution is 2.28. The molecule has 8 nitrogen and oxygen atoms in total. The highest BCUT2D eigenvalue weighted by atomic mass is 79.9. The lowest BCUT2D eigenvalue weighted by Crippen LogP contribution is -2.27. The highest BCUT2D eigenvalue weighted by molar-refractivity contribution is 9.10. The zero-order valence-electron chi connectivity index (χ0n) is 16.1. The number of sulfonamides is 1. The first-order valence-corrected chi connectivity index (χ1v) is 11.0. The van der Waals surface area contributed by atoms with E-state index in [1.807, 2.05) is 0 Å². The number of nitrogens with one attached hydrogen (secondary N) is 2. The summed E-state index contributed by atoms with van der Waals surface area (Å²) in [6.07, 6.45) is 0. The highest BCUT2D eigenvalue weighted by Gasteiger charge is 2.17. The topological polar surface area (TPSA) is 103 Å². The number of ether oxygens (including phenoxy) is 3. The number of hydrogen-bond acceptors (Lipinski definition) is 6. The van der Waals surface area contributed by atoms with Crippen LogP contribution in [0.4, 0.5) is 5.69 Å². The lowest BCUT2D eigenvalue weighted by atomic mass is 10.2. The summed E-state index contributed by atoms with van der Waals surface area (Å²) in [6, 6.07) is 10.6. The van der Waals surface area contributed by atoms with E-state index in [0.717, 1.165) is 0 Å². The summed E-state index contributed by atoms with van der Waals surface area (Å²) in [5, 5.41) is 2.68. The molecule has 0 saturated heterocycles. The molecule has 0 spiro atoms. The van der Waals surface area contributed by atoms with Gasteiger partial charge in [-0.15, -0.1) is 0 Å². The van der Waals surface area contributed by atoms with Crippen molar-refractivity contribution in [2.24, 2.45) is 0 Å². The second-order valence-corrected chi connectivity index (χ2v) is 8.38. The number of halogens is 1. The maximum Gasteiger partial charge on any atom is 0.261 e. The third kappa shape index (κ3) is 7.00. The predicted molar refractivity (Wildman–Crippen MR) is 113 cm³/mol. The standard InChI is InChI=1S/C19H23BrN2O6S/c1-26-10-11-28-9-8-21-19(23)14-4-3-5-16(12-14)29(24,25)22-15-6-7-18(27-2)17(20)13-15/h3-7,12-13,22H,8-11H2,1-2H3,(H,21,23). The monoisotopic (exact) mass is 486 g/mol. The van der Waals surface area contributed by atoms with Gasteiger partial charge in [0.2, 0.25) is 0 Å². The molecule has 0 bridgehead atoms. The Balaban J connectivity index is 2.03. The van der Waals surface area contributed by atoms with Crippen LogP contribution in [0, 0.1) is 0 Å². The zero-order valence-corrected chi connectivity index (χ0v) is 18.5. The van der Waals surface area contributed by atoms with Gasteiger partial charge in [-0.05, 0) is 52.3 Å². The summed E-state index contributed by atoms with van der Waals surface area (Å²) < 4.78 is 43.7. The molecule has 0 heterocycles. The smallest absolute Gasteiger partial charge is 0.261 e. The van der Waals surface area contributed by atoms with E-state index in [2.05, 4.69) is 26.0 Å². The van der Waals surface area contributed by atoms with Gasteiger partial charge >= 0.3 is 0 Å². The van der Waals surface area contributed by atoms with Crippen LogP contribution in [-0.2, 0) is 19.5 Å². The Bertz CT molecular complexity index is 936. The molecule has 0 aromatic heterocycles. The van der Waals surface area contributed by atoms with E-state index in [1.54, 1.807) is 31.4 Å². The third-order valence-electron chi connectivity index (χ3n) is 3.77. The normalized spacial score (nSPS) is 11.1. The van der Waals surface area contributed by atoms with E-state index in [4.69, 9.17) is 14.2 Å². The molecule has 1 amide bonds. The van der Waals surface area contributed by atoms with Crippen LogP contribution in [0.2, 0.25) is 0 Å². The van der Waals surface area contributed by atoms with Crippen LogP contribution in [0.15, 0.2) is 51.8 Å². The van der Waals surface area contributed by atoms with Gasteiger partial charge in [0.1, 0.15) is 5.75 Å². The average Bonchev–Trinajstić information content (AvgIpc) is 2.70. The number of carbonyl (C=O) groups excluding carboxylic acids is 1. The first-order valence-electron chi connectivity index (χ1n) is 8.68. The summed E-state index contributed by atoms with van der Waals surface area (Å²) in [5.74, 6) is 0.197. The Morgan fingerprint density at radius 3 is 2.55 bits per heavy atom. The van der Waals surface area contributed by atoms with Gasteiger partial charge in [0.15, 0.2) is 0 Å². The van der Waals surface area contributed by atoms with Gasteiger partial charge < -0.3 is 19.5 Å². The minimum atomic E-state index is -3.87. The van der Waals surface area contributed by atoms with Gasteiger partial charge in [-0.2, -0.15) is 0 Å². The van der Waals surface area contributed by atoms with Crippen molar-refractivity contribution in [3.8, 4) is 5.75 Å². The molecule has 158 valence electrons. The Morgan fingerprint density at radius 2 is 1.86 bits per heavy atom. The van der Waals surface area contributed by atoms with E-state index < -0.39 is 10.0 Å². The number of carbonyl (C=O) groups is 1. The summed E-state index contributed by atoms with van der Waals surface area (Å²) in [7, 11) is -0.773. The van der Waals surface area contributed by atoms with Crippen molar-refractivity contribution in [3.05, 3.63) is 52.5 Å². The van der Waals surface area contributed by atoms with Crippen molar-refractivity contribution in [1.82, 2.24) is 5.32 Å². The van der Waals surface area contributed by atoms with Crippen LogP contribution in [0.1, 0.15) is 10.4 Å². The molecule has 0 saturated carbocycles. The van der Waals surface area contributed by atoms with Gasteiger partial charge in [0.25, 0.3) is 15.9 Å². The number of anilines is 1. The van der Waals surface area contributed by atoms with Gasteiger partial charge in [0, 0.05) is 19.2 Å². The summed E-state index contributed by atoms with van der Waals surface area (Å²) >= 11 is 3.32. The Hall–Kier alpha value is -2.14. The van der Waals surface area contributed by atoms with Crippen LogP contribution in [0.25, 0.3) is 0 Å². The molecule has 0 aliphatic rings. The Morgan fingerprint density at radius 1 is 1.07 bits per heavy atom. The molecule has 0 unspecified atom stereocenters. The number of methoxy groups -OCH3 is 2. The van der Waals surface area contributed by atoms with Crippen molar-refractivity contribution in [2.45, 2.75) is 4.90 Å². The lowest BCUT2D eigenvalue weighted by molar-refractivity contribution is 0.0692. The molecule has 2 aromatic carbocycles. The maximum absolute atomic E-state index is 12.7. The van der Waals surface area contributed by atoms with Crippen LogP contribution in [0.5, 0.6) is 5.75 Å². The summed E-state index contributed by atoms with van der Waals surface area (Å²) in [4.78, 5) is 12.2. The second kappa shape index (κ2) is 11.1. The molecule has 2 rings (SSSR count). The van der Waals surface area contributed by atoms with Crippen molar-refractivity contribution in [3.63, 3.8) is 0 Å². The van der Waals surface area contributed by atoms with Crippen molar-refractivity contribution < 1.29 is 27.4 Å². The quantitative estimate of drug-likeness (QED) is 0.473. The number of hydrogen-bond donors (Lipinski definition) is 2. The first kappa shape index (κ1) is 23.1. The molecule has 2 N–H and O–H groups in total. The molecule has 29 heavy (non-hydrogen) atoms. The van der Waals surface area contributed by atoms with E-state index in [-0.39, 0.29) is 16.4 Å². The molecule has 0 aliphatic carbocycles. The fourth-order valence-electron chi connectivity index (χ4n) is 2.33. The number of amides is 1. The van der Waals surface area contributed by atoms with Crippen LogP contribution >= 0.6 is 15.9 Å². The summed E-state index contributed by atoms with van der Waals surface area (Å²) in [5.41, 5.74) is 0.599. The minimum absolute atomic E-state index is 0.0200. The van der Waals surface area contributed by atoms with Crippen LogP contribution in [-0.4, -0.2) is 54.9 Å². The van der Waals surface area contributed by atoms with Gasteiger partial charge in [-0.3, -0.25) is 9.52 Å². The molecule has 0 fully saturated rings. The van der Waals surface area contributed by atoms with Crippen LogP contribution < -0.4 is 14.8 Å². The molecule has 0 atom stereocenters. The average molecular weight is 487 g/mol. The SMILES string of the molecule is COCCOCCNC(=O)c1cccc(S(=O)(=O)Nc2ccc(OC)c(Br)c2)c1. The molecule has 0 radical (unpaired) electrons. The van der Waals surface area contributed by atoms with Crippen molar-refractivity contribution in [2.75, 3.05) is 45.3 Å². The maximum atomic E-state index is 12.7. The Labute approximate surface area is 178 Å². The Kier molecular flexibility index (Phi) is 8.90. The predicted octanol–water partition coefficient (Wildman–Crippen LogP) is 2.65. The fraction of sp³-hybridized carbons (Fsp3) is 0.316. The minimum Gasteiger partial charge on any atom is -0.496 e. The largest absolute Gasteiger partial charge is 0.496 e. The van der Waals surface area contributed by atoms with Crippen molar-refractivity contribution in [1.29, 1.82) is 0 Å². The molecule has 0 aliphatic heterocycles. The molecule has 2 aromatic rings. The number of benzene rings is 2. The molecule has 10 heteroatoms. The van der Waals surface area contributed by atoms with Gasteiger partial charge in [-0.25, -0.2) is 8.42 Å². The summed E-state index contributed by atoms with van der Waals surface area (Å²) in [6.45, 7) is 1.55. The molecular formula is C19H23BrN2O6S. The van der Waals surface area contributed by atoms with E-state index in [0.29, 0.717) is 42.3 Å². The van der Waals surface area contributed by atoms with E-state index in [9.17, 15) is 13.2 Å². The van der Waals surface area contributed by atoms with E-state index >= 15 is 0 Å². The second-order valence-electron chi connectivity index (χ2n) is 5.84. The third-order valence-corrected chi connectivity index (χ3v) is 5.77.